The molecule has 0 aliphatic carbocycles. The van der Waals surface area contributed by atoms with E-state index in [1.165, 1.54) is 11.3 Å². The number of rotatable bonds is 7. The molecule has 0 saturated carbocycles. The van der Waals surface area contributed by atoms with Crippen LogP contribution in [-0.4, -0.2) is 61.2 Å². The molecule has 3 rings (SSSR count). The fourth-order valence-corrected chi connectivity index (χ4v) is 4.02. The number of carbonyl (C=O) groups excluding carboxylic acids is 1. The molecule has 2 aromatic rings. The van der Waals surface area contributed by atoms with Gasteiger partial charge < -0.3 is 15.2 Å². The third-order valence-electron chi connectivity index (χ3n) is 4.23. The summed E-state index contributed by atoms with van der Waals surface area (Å²) in [6, 6.07) is 9.21. The quantitative estimate of drug-likeness (QED) is 0.707. The Bertz CT molecular complexity index is 759. The van der Waals surface area contributed by atoms with Crippen molar-refractivity contribution < 1.29 is 14.6 Å². The van der Waals surface area contributed by atoms with Crippen LogP contribution in [0.15, 0.2) is 30.3 Å². The summed E-state index contributed by atoms with van der Waals surface area (Å²) in [7, 11) is 0. The number of aliphatic hydroxyl groups excluding tert-OH is 1. The van der Waals surface area contributed by atoms with Crippen LogP contribution >= 0.6 is 22.9 Å². The molecule has 140 valence electrons. The maximum Gasteiger partial charge on any atom is 0.169 e. The second-order valence-electron chi connectivity index (χ2n) is 6.41. The van der Waals surface area contributed by atoms with Crippen LogP contribution in [-0.2, 0) is 0 Å². The van der Waals surface area contributed by atoms with Crippen LogP contribution in [0.25, 0.3) is 10.4 Å². The smallest absolute Gasteiger partial charge is 0.169 e. The molecule has 0 radical (unpaired) electrons. The minimum absolute atomic E-state index is 0.0517. The number of halogens is 1. The number of hydrogen-bond donors (Lipinski definition) is 2. The summed E-state index contributed by atoms with van der Waals surface area (Å²) in [4.78, 5) is 15.4. The van der Waals surface area contributed by atoms with Crippen molar-refractivity contribution in [3.05, 3.63) is 40.2 Å². The van der Waals surface area contributed by atoms with Crippen molar-refractivity contribution in [1.82, 2.24) is 10.2 Å². The van der Waals surface area contributed by atoms with Crippen LogP contribution in [0.3, 0.4) is 0 Å². The number of ketones is 1. The third kappa shape index (κ3) is 5.28. The molecule has 1 aliphatic heterocycles. The minimum Gasteiger partial charge on any atom is -0.491 e. The molecule has 7 heteroatoms. The van der Waals surface area contributed by atoms with Crippen LogP contribution in [0.2, 0.25) is 5.02 Å². The second kappa shape index (κ2) is 8.97. The van der Waals surface area contributed by atoms with Gasteiger partial charge in [0.2, 0.25) is 0 Å². The van der Waals surface area contributed by atoms with Gasteiger partial charge in [-0.1, -0.05) is 11.6 Å². The van der Waals surface area contributed by atoms with E-state index < -0.39 is 6.10 Å². The molecule has 5 nitrogen and oxygen atoms in total. The molecule has 26 heavy (non-hydrogen) atoms. The highest BCUT2D eigenvalue weighted by Gasteiger charge is 2.15. The molecular formula is C19H23ClN2O3S. The van der Waals surface area contributed by atoms with Crippen LogP contribution in [0.1, 0.15) is 16.6 Å². The molecule has 0 spiro atoms. The van der Waals surface area contributed by atoms with E-state index in [1.54, 1.807) is 13.0 Å². The summed E-state index contributed by atoms with van der Waals surface area (Å²) < 4.78 is 5.77. The van der Waals surface area contributed by atoms with Crippen molar-refractivity contribution >= 4 is 28.7 Å². The van der Waals surface area contributed by atoms with E-state index in [-0.39, 0.29) is 12.4 Å². The third-order valence-corrected chi connectivity index (χ3v) is 5.68. The van der Waals surface area contributed by atoms with Gasteiger partial charge in [0, 0.05) is 42.6 Å². The number of β-amino-alcohol motifs (C(OH)–C–C–N with tert-alkyl or cyclic N) is 1. The number of thiophene rings is 1. The molecule has 1 atom stereocenters. The molecule has 1 aromatic carbocycles. The van der Waals surface area contributed by atoms with Gasteiger partial charge in [0.1, 0.15) is 18.5 Å². The van der Waals surface area contributed by atoms with Crippen LogP contribution < -0.4 is 10.1 Å². The van der Waals surface area contributed by atoms with Gasteiger partial charge in [-0.2, -0.15) is 0 Å². The maximum absolute atomic E-state index is 11.5. The first-order valence-electron chi connectivity index (χ1n) is 8.67. The first-order valence-corrected chi connectivity index (χ1v) is 9.86. The molecule has 1 aliphatic rings. The molecule has 1 aromatic heterocycles. The average Bonchev–Trinajstić information content (AvgIpc) is 3.11. The predicted octanol–water partition coefficient (Wildman–Crippen LogP) is 2.92. The van der Waals surface area contributed by atoms with E-state index in [9.17, 15) is 9.90 Å². The van der Waals surface area contributed by atoms with Crippen LogP contribution in [0.5, 0.6) is 5.75 Å². The molecule has 2 heterocycles. The molecule has 0 amide bonds. The topological polar surface area (TPSA) is 61.8 Å². The summed E-state index contributed by atoms with van der Waals surface area (Å²) in [6.07, 6.45) is -0.554. The Morgan fingerprint density at radius 2 is 2.12 bits per heavy atom. The van der Waals surface area contributed by atoms with Crippen molar-refractivity contribution in [3.8, 4) is 16.2 Å². The lowest BCUT2D eigenvalue weighted by Gasteiger charge is -2.29. The lowest BCUT2D eigenvalue weighted by molar-refractivity contribution is 0.0641. The van der Waals surface area contributed by atoms with E-state index >= 15 is 0 Å². The van der Waals surface area contributed by atoms with Gasteiger partial charge in [-0.15, -0.1) is 11.3 Å². The predicted molar refractivity (Wildman–Crippen MR) is 106 cm³/mol. The van der Waals surface area contributed by atoms with E-state index in [4.69, 9.17) is 16.3 Å². The van der Waals surface area contributed by atoms with E-state index in [1.807, 2.05) is 24.3 Å². The summed E-state index contributed by atoms with van der Waals surface area (Å²) in [5.74, 6) is 0.667. The number of Topliss-reactive ketones (excluding diaryl/α,β-unsaturated/α-hetero) is 1. The van der Waals surface area contributed by atoms with Gasteiger partial charge in [-0.05, 0) is 42.8 Å². The summed E-state index contributed by atoms with van der Waals surface area (Å²) in [5, 5.41) is 14.1. The first kappa shape index (κ1) is 19.3. The summed E-state index contributed by atoms with van der Waals surface area (Å²) >= 11 is 7.65. The number of benzene rings is 1. The Labute approximate surface area is 162 Å². The van der Waals surface area contributed by atoms with Crippen molar-refractivity contribution in [2.24, 2.45) is 0 Å². The Morgan fingerprint density at radius 3 is 2.81 bits per heavy atom. The SMILES string of the molecule is CC(=O)c1ccc(-c2cc(Cl)cc(OCC(O)CN3CCNCC3)c2)s1. The minimum atomic E-state index is -0.554. The van der Waals surface area contributed by atoms with Gasteiger partial charge >= 0.3 is 0 Å². The van der Waals surface area contributed by atoms with Crippen molar-refractivity contribution in [3.63, 3.8) is 0 Å². The number of carbonyl (C=O) groups is 1. The van der Waals surface area contributed by atoms with Gasteiger partial charge in [0.15, 0.2) is 5.78 Å². The molecule has 1 saturated heterocycles. The molecule has 0 bridgehead atoms. The lowest BCUT2D eigenvalue weighted by Crippen LogP contribution is -2.47. The average molecular weight is 395 g/mol. The summed E-state index contributed by atoms with van der Waals surface area (Å²) in [6.45, 7) is 6.16. The maximum atomic E-state index is 11.5. The van der Waals surface area contributed by atoms with Gasteiger partial charge in [-0.25, -0.2) is 0 Å². The highest BCUT2D eigenvalue weighted by Crippen LogP contribution is 2.33. The van der Waals surface area contributed by atoms with E-state index in [0.29, 0.717) is 22.2 Å². The number of piperazine rings is 1. The van der Waals surface area contributed by atoms with E-state index in [2.05, 4.69) is 10.2 Å². The number of ether oxygens (including phenoxy) is 1. The Balaban J connectivity index is 1.62. The van der Waals surface area contributed by atoms with Gasteiger partial charge in [0.25, 0.3) is 0 Å². The zero-order valence-corrected chi connectivity index (χ0v) is 16.3. The van der Waals surface area contributed by atoms with Crippen LogP contribution in [0.4, 0.5) is 0 Å². The van der Waals surface area contributed by atoms with Crippen molar-refractivity contribution in [2.45, 2.75) is 13.0 Å². The molecular weight excluding hydrogens is 372 g/mol. The van der Waals surface area contributed by atoms with E-state index in [0.717, 1.165) is 36.6 Å². The molecule has 1 unspecified atom stereocenters. The fraction of sp³-hybridized carbons (Fsp3) is 0.421. The Morgan fingerprint density at radius 1 is 1.35 bits per heavy atom. The largest absolute Gasteiger partial charge is 0.491 e. The Kier molecular flexibility index (Phi) is 6.67. The zero-order chi connectivity index (χ0) is 18.5. The number of nitrogens with one attached hydrogen (secondary N) is 1. The van der Waals surface area contributed by atoms with Crippen molar-refractivity contribution in [1.29, 1.82) is 0 Å². The fourth-order valence-electron chi connectivity index (χ4n) is 2.91. The van der Waals surface area contributed by atoms with Gasteiger partial charge in [-0.3, -0.25) is 9.69 Å². The van der Waals surface area contributed by atoms with Gasteiger partial charge in [0.05, 0.1) is 4.88 Å². The normalized spacial score (nSPS) is 16.4. The highest BCUT2D eigenvalue weighted by atomic mass is 35.5. The zero-order valence-electron chi connectivity index (χ0n) is 14.7. The number of nitrogens with zero attached hydrogens (tertiary/aromatic N) is 1. The van der Waals surface area contributed by atoms with Crippen molar-refractivity contribution in [2.75, 3.05) is 39.3 Å². The lowest BCUT2D eigenvalue weighted by atomic mass is 10.2. The van der Waals surface area contributed by atoms with Crippen LogP contribution in [0, 0.1) is 0 Å². The Hall–Kier alpha value is -1.44. The standard InChI is InChI=1S/C19H23ClN2O3S/c1-13(23)18-2-3-19(26-18)14-8-15(20)10-17(9-14)25-12-16(24)11-22-6-4-21-5-7-22/h2-3,8-10,16,21,24H,4-7,11-12H2,1H3. The number of hydrogen-bond acceptors (Lipinski definition) is 6. The first-order chi connectivity index (χ1) is 12.5. The number of aliphatic hydroxyl groups is 1. The molecule has 1 fully saturated rings. The summed E-state index contributed by atoms with van der Waals surface area (Å²) in [5.41, 5.74) is 0.904. The highest BCUT2D eigenvalue weighted by molar-refractivity contribution is 7.17. The monoisotopic (exact) mass is 394 g/mol. The molecule has 2 N–H and O–H groups in total. The second-order valence-corrected chi connectivity index (χ2v) is 7.93.